The molecule has 0 heterocycles. The van der Waals surface area contributed by atoms with E-state index in [-0.39, 0.29) is 0 Å². The molecule has 4 heteroatoms. The highest BCUT2D eigenvalue weighted by Gasteiger charge is 2.08. The molecule has 0 saturated heterocycles. The van der Waals surface area contributed by atoms with Crippen LogP contribution < -0.4 is 9.74 Å². The van der Waals surface area contributed by atoms with E-state index in [1.54, 1.807) is 0 Å². The molecule has 0 aliphatic rings. The van der Waals surface area contributed by atoms with Crippen molar-refractivity contribution < 1.29 is 0 Å². The summed E-state index contributed by atoms with van der Waals surface area (Å²) in [6.45, 7) is 0. The largest absolute Gasteiger partial charge is 0.331 e. The highest BCUT2D eigenvalue weighted by molar-refractivity contribution is 7.81. The maximum Gasteiger partial charge on any atom is 0.193 e. The fourth-order valence-electron chi connectivity index (χ4n) is 1.37. The molecule has 0 aliphatic heterocycles. The Labute approximate surface area is 111 Å². The SMILES string of the molecule is S=C(Nc1ccccc1)N(Cl)c1ccccc1. The van der Waals surface area contributed by atoms with Crippen LogP contribution in [0.2, 0.25) is 0 Å². The molecule has 0 amide bonds. The first-order chi connectivity index (χ1) is 8.27. The normalized spacial score (nSPS) is 9.71. The number of nitrogens with zero attached hydrogens (tertiary/aromatic N) is 1. The molecule has 0 unspecified atom stereocenters. The Hall–Kier alpha value is -1.58. The van der Waals surface area contributed by atoms with Crippen molar-refractivity contribution in [2.75, 3.05) is 9.74 Å². The number of hydrogen-bond acceptors (Lipinski definition) is 1. The van der Waals surface area contributed by atoms with Gasteiger partial charge in [-0.2, -0.15) is 0 Å². The number of rotatable bonds is 2. The van der Waals surface area contributed by atoms with Gasteiger partial charge in [-0.3, -0.25) is 0 Å². The van der Waals surface area contributed by atoms with Crippen molar-refractivity contribution in [3.05, 3.63) is 60.7 Å². The third-order valence-electron chi connectivity index (χ3n) is 2.19. The molecule has 2 rings (SSSR count). The van der Waals surface area contributed by atoms with Gasteiger partial charge in [0.2, 0.25) is 0 Å². The van der Waals surface area contributed by atoms with Crippen LogP contribution in [0.1, 0.15) is 0 Å². The van der Waals surface area contributed by atoms with Crippen LogP contribution >= 0.6 is 24.0 Å². The zero-order valence-electron chi connectivity index (χ0n) is 9.01. The van der Waals surface area contributed by atoms with E-state index in [9.17, 15) is 0 Å². The van der Waals surface area contributed by atoms with E-state index in [2.05, 4.69) is 5.32 Å². The second kappa shape index (κ2) is 5.66. The van der Waals surface area contributed by atoms with Gasteiger partial charge >= 0.3 is 0 Å². The third kappa shape index (κ3) is 3.19. The first-order valence-corrected chi connectivity index (χ1v) is 5.89. The smallest absolute Gasteiger partial charge is 0.193 e. The predicted molar refractivity (Wildman–Crippen MR) is 77.4 cm³/mol. The lowest BCUT2D eigenvalue weighted by Crippen LogP contribution is -2.26. The summed E-state index contributed by atoms with van der Waals surface area (Å²) in [6, 6.07) is 19.2. The van der Waals surface area contributed by atoms with Gasteiger partial charge in [0, 0.05) is 17.5 Å². The number of thiocarbonyl (C=S) groups is 1. The van der Waals surface area contributed by atoms with Gasteiger partial charge in [0.15, 0.2) is 5.11 Å². The maximum absolute atomic E-state index is 6.14. The summed E-state index contributed by atoms with van der Waals surface area (Å²) in [7, 11) is 0. The van der Waals surface area contributed by atoms with Gasteiger partial charge in [-0.1, -0.05) is 36.4 Å². The number of anilines is 2. The van der Waals surface area contributed by atoms with Crippen LogP contribution in [0.25, 0.3) is 0 Å². The topological polar surface area (TPSA) is 15.3 Å². The Morgan fingerprint density at radius 3 is 2.06 bits per heavy atom. The van der Waals surface area contributed by atoms with Crippen molar-refractivity contribution >= 4 is 40.5 Å². The Morgan fingerprint density at radius 1 is 0.941 bits per heavy atom. The van der Waals surface area contributed by atoms with Crippen molar-refractivity contribution in [2.45, 2.75) is 0 Å². The van der Waals surface area contributed by atoms with Crippen molar-refractivity contribution in [3.63, 3.8) is 0 Å². The van der Waals surface area contributed by atoms with Crippen molar-refractivity contribution in [3.8, 4) is 0 Å². The second-order valence-electron chi connectivity index (χ2n) is 3.41. The maximum atomic E-state index is 6.14. The van der Waals surface area contributed by atoms with Gasteiger partial charge in [0.1, 0.15) is 0 Å². The van der Waals surface area contributed by atoms with Crippen LogP contribution in [0.15, 0.2) is 60.7 Å². The van der Waals surface area contributed by atoms with Crippen molar-refractivity contribution in [2.24, 2.45) is 0 Å². The van der Waals surface area contributed by atoms with E-state index in [0.717, 1.165) is 11.4 Å². The monoisotopic (exact) mass is 262 g/mol. The van der Waals surface area contributed by atoms with Crippen molar-refractivity contribution in [1.82, 2.24) is 0 Å². The first kappa shape index (κ1) is 11.9. The molecule has 86 valence electrons. The predicted octanol–water partition coefficient (Wildman–Crippen LogP) is 4.04. The lowest BCUT2D eigenvalue weighted by atomic mass is 10.3. The van der Waals surface area contributed by atoms with Crippen LogP contribution in [0, 0.1) is 0 Å². The molecular weight excluding hydrogens is 252 g/mol. The van der Waals surface area contributed by atoms with Crippen LogP contribution in [-0.2, 0) is 0 Å². The molecule has 0 aliphatic carbocycles. The van der Waals surface area contributed by atoms with E-state index in [1.807, 2.05) is 60.7 Å². The molecular formula is C13H11ClN2S. The van der Waals surface area contributed by atoms with Gasteiger partial charge < -0.3 is 5.32 Å². The zero-order chi connectivity index (χ0) is 12.1. The number of halogens is 1. The minimum Gasteiger partial charge on any atom is -0.331 e. The number of benzene rings is 2. The van der Waals surface area contributed by atoms with Crippen LogP contribution in [0.3, 0.4) is 0 Å². The highest BCUT2D eigenvalue weighted by Crippen LogP contribution is 2.17. The summed E-state index contributed by atoms with van der Waals surface area (Å²) in [4.78, 5) is 0. The zero-order valence-corrected chi connectivity index (χ0v) is 10.6. The molecule has 0 radical (unpaired) electrons. The molecule has 2 nitrogen and oxygen atoms in total. The van der Waals surface area contributed by atoms with E-state index < -0.39 is 0 Å². The number of hydrogen-bond donors (Lipinski definition) is 1. The van der Waals surface area contributed by atoms with Crippen molar-refractivity contribution in [1.29, 1.82) is 0 Å². The summed E-state index contributed by atoms with van der Waals surface area (Å²) < 4.78 is 1.42. The van der Waals surface area contributed by atoms with E-state index in [1.165, 1.54) is 4.42 Å². The summed E-state index contributed by atoms with van der Waals surface area (Å²) in [5.74, 6) is 0. The molecule has 17 heavy (non-hydrogen) atoms. The lowest BCUT2D eigenvalue weighted by Gasteiger charge is -2.17. The van der Waals surface area contributed by atoms with Crippen LogP contribution in [0.5, 0.6) is 0 Å². The number of nitrogens with one attached hydrogen (secondary N) is 1. The van der Waals surface area contributed by atoms with Gasteiger partial charge in [0.05, 0.1) is 5.69 Å². The quantitative estimate of drug-likeness (QED) is 0.649. The molecule has 2 aromatic carbocycles. The minimum absolute atomic E-state index is 0.448. The Morgan fingerprint density at radius 2 is 1.47 bits per heavy atom. The van der Waals surface area contributed by atoms with Gasteiger partial charge in [-0.15, -0.1) is 0 Å². The highest BCUT2D eigenvalue weighted by atomic mass is 35.5. The number of para-hydroxylation sites is 2. The molecule has 0 spiro atoms. The first-order valence-electron chi connectivity index (χ1n) is 5.14. The average Bonchev–Trinajstić information content (AvgIpc) is 2.40. The summed E-state index contributed by atoms with van der Waals surface area (Å²) in [5, 5.41) is 3.51. The fourth-order valence-corrected chi connectivity index (χ4v) is 1.75. The Balaban J connectivity index is 2.06. The summed E-state index contributed by atoms with van der Waals surface area (Å²) in [6.07, 6.45) is 0. The lowest BCUT2D eigenvalue weighted by molar-refractivity contribution is 1.49. The standard InChI is InChI=1S/C13H11ClN2S/c14-16(12-9-5-2-6-10-12)13(17)15-11-7-3-1-4-8-11/h1-10H,(H,15,17). The second-order valence-corrected chi connectivity index (χ2v) is 4.14. The van der Waals surface area contributed by atoms with Gasteiger partial charge in [-0.05, 0) is 36.5 Å². The molecule has 0 atom stereocenters. The molecule has 2 aromatic rings. The van der Waals surface area contributed by atoms with E-state index >= 15 is 0 Å². The van der Waals surface area contributed by atoms with E-state index in [0.29, 0.717) is 5.11 Å². The Kier molecular flexibility index (Phi) is 3.96. The van der Waals surface area contributed by atoms with Crippen LogP contribution in [-0.4, -0.2) is 5.11 Å². The van der Waals surface area contributed by atoms with Gasteiger partial charge in [-0.25, -0.2) is 4.42 Å². The molecule has 0 aromatic heterocycles. The Bertz CT molecular complexity index is 487. The van der Waals surface area contributed by atoms with Crippen LogP contribution in [0.4, 0.5) is 11.4 Å². The minimum atomic E-state index is 0.448. The summed E-state index contributed by atoms with van der Waals surface area (Å²) >= 11 is 11.4. The molecule has 0 fully saturated rings. The molecule has 0 saturated carbocycles. The van der Waals surface area contributed by atoms with E-state index in [4.69, 9.17) is 24.0 Å². The third-order valence-corrected chi connectivity index (χ3v) is 2.94. The molecule has 1 N–H and O–H groups in total. The fraction of sp³-hybridized carbons (Fsp3) is 0. The molecule has 0 bridgehead atoms. The average molecular weight is 263 g/mol. The summed E-state index contributed by atoms with van der Waals surface area (Å²) in [5.41, 5.74) is 1.75. The van der Waals surface area contributed by atoms with Gasteiger partial charge in [0.25, 0.3) is 0 Å².